The maximum atomic E-state index is 12.1. The van der Waals surface area contributed by atoms with Crippen molar-refractivity contribution in [2.75, 3.05) is 27.2 Å². The van der Waals surface area contributed by atoms with Gasteiger partial charge in [-0.05, 0) is 79.0 Å². The van der Waals surface area contributed by atoms with Crippen LogP contribution in [-0.4, -0.2) is 74.2 Å². The molecule has 196 valence electrons. The van der Waals surface area contributed by atoms with E-state index in [0.29, 0.717) is 32.2 Å². The Labute approximate surface area is 204 Å². The molecule has 1 rings (SSSR count). The summed E-state index contributed by atoms with van der Waals surface area (Å²) in [4.78, 5) is 55.1. The number of unbranched alkanes of at least 4 members (excludes halogenated alkanes) is 2. The lowest BCUT2D eigenvalue weighted by molar-refractivity contribution is -0.137. The number of aliphatic hydroxyl groups is 1. The zero-order valence-corrected chi connectivity index (χ0v) is 21.3. The minimum Gasteiger partial charge on any atom is -0.400 e. The first-order valence-corrected chi connectivity index (χ1v) is 11.4. The predicted molar refractivity (Wildman–Crippen MR) is 134 cm³/mol. The molecule has 0 aromatic carbocycles. The van der Waals surface area contributed by atoms with E-state index in [4.69, 9.17) is 9.90 Å². The fourth-order valence-electron chi connectivity index (χ4n) is 2.67. The van der Waals surface area contributed by atoms with Gasteiger partial charge in [-0.2, -0.15) is 0 Å². The first-order valence-electron chi connectivity index (χ1n) is 11.4. The summed E-state index contributed by atoms with van der Waals surface area (Å²) >= 11 is 0. The van der Waals surface area contributed by atoms with Gasteiger partial charge in [0.05, 0.1) is 0 Å². The van der Waals surface area contributed by atoms with Crippen LogP contribution in [0.1, 0.15) is 59.3 Å². The molecular weight excluding hydrogens is 440 g/mol. The van der Waals surface area contributed by atoms with E-state index in [9.17, 15) is 19.2 Å². The molecule has 1 heterocycles. The summed E-state index contributed by atoms with van der Waals surface area (Å²) in [5.41, 5.74) is 0. The van der Waals surface area contributed by atoms with Crippen LogP contribution in [0.15, 0.2) is 24.8 Å². The van der Waals surface area contributed by atoms with Crippen LogP contribution in [0, 0.1) is 0 Å². The molecule has 1 aliphatic rings. The van der Waals surface area contributed by atoms with E-state index >= 15 is 0 Å². The Morgan fingerprint density at radius 3 is 1.74 bits per heavy atom. The smallest absolute Gasteiger partial charge is 0.244 e. The highest BCUT2D eigenvalue weighted by atomic mass is 16.2. The summed E-state index contributed by atoms with van der Waals surface area (Å²) < 4.78 is 0. The number of aldehydes is 1. The lowest BCUT2D eigenvalue weighted by Crippen LogP contribution is -2.61. The van der Waals surface area contributed by atoms with Crippen LogP contribution in [0.5, 0.6) is 0 Å². The highest BCUT2D eigenvalue weighted by molar-refractivity contribution is 5.97. The number of carbonyl (C=O) groups is 5. The molecule has 0 aliphatic carbocycles. The molecule has 5 N–H and O–H groups in total. The van der Waals surface area contributed by atoms with E-state index in [2.05, 4.69) is 27.8 Å². The number of hydrogen-bond donors (Lipinski definition) is 5. The number of nitrogens with one attached hydrogen (secondary N) is 4. The molecule has 1 saturated heterocycles. The number of hydrogen-bond acceptors (Lipinski definition) is 7. The zero-order chi connectivity index (χ0) is 26.8. The second kappa shape index (κ2) is 26.4. The maximum absolute atomic E-state index is 12.1. The van der Waals surface area contributed by atoms with Crippen LogP contribution >= 0.6 is 0 Å². The van der Waals surface area contributed by atoms with Crippen molar-refractivity contribution in [3.8, 4) is 0 Å². The number of rotatable bonds is 12. The Morgan fingerprint density at radius 2 is 1.35 bits per heavy atom. The standard InChI is InChI=1S/C18H30N4O4.C3H6.C2H4O.CH4O/c1-13(23)9-10-16(24)20-12-6-4-8-15-18(26)21-14(17(25)22-15)7-3-5-11-19-2;1-3-2;1-2-3;1-2/h9-10,14-15,19H,3-8,11-12H2,1-2H3,(H,20,24)(H,21,26)(H,22,25);3H,1H2,2H3;2H,1H3;2H,1H3/b10-9+;;;. The quantitative estimate of drug-likeness (QED) is 0.119. The Balaban J connectivity index is -0.00000106. The normalized spacial score (nSPS) is 16.2. The zero-order valence-electron chi connectivity index (χ0n) is 21.3. The van der Waals surface area contributed by atoms with Gasteiger partial charge < -0.3 is 31.2 Å². The summed E-state index contributed by atoms with van der Waals surface area (Å²) in [6, 6.07) is -0.952. The van der Waals surface area contributed by atoms with Gasteiger partial charge in [0.25, 0.3) is 0 Å². The number of ketones is 1. The number of carbonyl (C=O) groups excluding carboxylic acids is 5. The molecule has 10 heteroatoms. The minimum absolute atomic E-state index is 0.123. The Morgan fingerprint density at radius 1 is 0.941 bits per heavy atom. The van der Waals surface area contributed by atoms with Crippen molar-refractivity contribution >= 4 is 29.8 Å². The highest BCUT2D eigenvalue weighted by Gasteiger charge is 2.32. The van der Waals surface area contributed by atoms with Crippen molar-refractivity contribution in [1.29, 1.82) is 0 Å². The number of amides is 3. The molecule has 0 aromatic heterocycles. The van der Waals surface area contributed by atoms with Crippen molar-refractivity contribution in [3.63, 3.8) is 0 Å². The second-order valence-corrected chi connectivity index (χ2v) is 7.10. The molecule has 0 saturated carbocycles. The summed E-state index contributed by atoms with van der Waals surface area (Å²) in [6.07, 6.45) is 9.32. The Kier molecular flexibility index (Phi) is 27.7. The van der Waals surface area contributed by atoms with Crippen molar-refractivity contribution in [1.82, 2.24) is 21.3 Å². The third-order valence-electron chi connectivity index (χ3n) is 4.12. The van der Waals surface area contributed by atoms with Crippen LogP contribution in [-0.2, 0) is 24.0 Å². The van der Waals surface area contributed by atoms with Crippen molar-refractivity contribution in [2.45, 2.75) is 71.4 Å². The van der Waals surface area contributed by atoms with Gasteiger partial charge in [0, 0.05) is 19.7 Å². The first kappa shape index (κ1) is 35.7. The van der Waals surface area contributed by atoms with E-state index in [1.807, 2.05) is 14.0 Å². The third-order valence-corrected chi connectivity index (χ3v) is 4.12. The second-order valence-electron chi connectivity index (χ2n) is 7.10. The average molecular weight is 485 g/mol. The SMILES string of the molecule is C=CC.CC=O.CNCCCCC1NC(=O)C(CCCCNC(=O)/C=C/C(C)=O)NC1=O.CO. The lowest BCUT2D eigenvalue weighted by Gasteiger charge is -2.29. The van der Waals surface area contributed by atoms with Gasteiger partial charge in [-0.25, -0.2) is 0 Å². The largest absolute Gasteiger partial charge is 0.400 e. The Hall–Kier alpha value is -2.85. The van der Waals surface area contributed by atoms with Crippen LogP contribution in [0.3, 0.4) is 0 Å². The van der Waals surface area contributed by atoms with Crippen LogP contribution < -0.4 is 21.3 Å². The fourth-order valence-corrected chi connectivity index (χ4v) is 2.67. The predicted octanol–water partition coefficient (Wildman–Crippen LogP) is 0.797. The topological polar surface area (TPSA) is 154 Å². The number of piperazine rings is 1. The molecule has 1 aliphatic heterocycles. The first-order chi connectivity index (χ1) is 16.3. The molecule has 2 unspecified atom stereocenters. The van der Waals surface area contributed by atoms with Crippen molar-refractivity contribution in [3.05, 3.63) is 24.8 Å². The average Bonchev–Trinajstić information content (AvgIpc) is 2.80. The van der Waals surface area contributed by atoms with E-state index in [1.54, 1.807) is 6.08 Å². The number of allylic oxidation sites excluding steroid dienone is 2. The van der Waals surface area contributed by atoms with E-state index in [1.165, 1.54) is 26.0 Å². The molecule has 0 aromatic rings. The van der Waals surface area contributed by atoms with E-state index in [-0.39, 0.29) is 23.5 Å². The molecule has 2 atom stereocenters. The van der Waals surface area contributed by atoms with Gasteiger partial charge in [0.2, 0.25) is 17.7 Å². The van der Waals surface area contributed by atoms with Crippen LogP contribution in [0.25, 0.3) is 0 Å². The van der Waals surface area contributed by atoms with Crippen molar-refractivity contribution in [2.24, 2.45) is 0 Å². The van der Waals surface area contributed by atoms with Crippen LogP contribution in [0.2, 0.25) is 0 Å². The minimum atomic E-state index is -0.510. The summed E-state index contributed by atoms with van der Waals surface area (Å²) in [5, 5.41) is 18.3. The summed E-state index contributed by atoms with van der Waals surface area (Å²) in [6.45, 7) is 9.42. The van der Waals surface area contributed by atoms with Crippen LogP contribution in [0.4, 0.5) is 0 Å². The van der Waals surface area contributed by atoms with Gasteiger partial charge >= 0.3 is 0 Å². The molecular formula is C24H44N4O6. The van der Waals surface area contributed by atoms with E-state index in [0.717, 1.165) is 32.8 Å². The van der Waals surface area contributed by atoms with E-state index < -0.39 is 12.1 Å². The van der Waals surface area contributed by atoms with Gasteiger partial charge in [-0.15, -0.1) is 6.58 Å². The monoisotopic (exact) mass is 484 g/mol. The fraction of sp³-hybridized carbons (Fsp3) is 0.625. The molecule has 34 heavy (non-hydrogen) atoms. The summed E-state index contributed by atoms with van der Waals surface area (Å²) in [5.74, 6) is -0.761. The van der Waals surface area contributed by atoms with Gasteiger partial charge in [-0.3, -0.25) is 19.2 Å². The molecule has 1 fully saturated rings. The third kappa shape index (κ3) is 22.3. The Bertz CT molecular complexity index is 617. The molecule has 0 bridgehead atoms. The van der Waals surface area contributed by atoms with Crippen molar-refractivity contribution < 1.29 is 29.1 Å². The molecule has 0 radical (unpaired) electrons. The lowest BCUT2D eigenvalue weighted by atomic mass is 10.0. The number of aliphatic hydroxyl groups excluding tert-OH is 1. The molecule has 0 spiro atoms. The van der Waals surface area contributed by atoms with Gasteiger partial charge in [0.15, 0.2) is 5.78 Å². The van der Waals surface area contributed by atoms with Gasteiger partial charge in [0.1, 0.15) is 18.4 Å². The molecule has 10 nitrogen and oxygen atoms in total. The highest BCUT2D eigenvalue weighted by Crippen LogP contribution is 2.10. The summed E-state index contributed by atoms with van der Waals surface area (Å²) in [7, 11) is 2.88. The van der Waals surface area contributed by atoms with Gasteiger partial charge in [-0.1, -0.05) is 6.08 Å². The molecule has 3 amide bonds. The maximum Gasteiger partial charge on any atom is 0.244 e.